The van der Waals surface area contributed by atoms with E-state index < -0.39 is 33.2 Å². The predicted octanol–water partition coefficient (Wildman–Crippen LogP) is 1.49. The van der Waals surface area contributed by atoms with Crippen molar-refractivity contribution >= 4 is 10.0 Å². The van der Waals surface area contributed by atoms with E-state index in [1.165, 1.54) is 0 Å². The van der Waals surface area contributed by atoms with Crippen LogP contribution < -0.4 is 0 Å². The average Bonchev–Trinajstić information content (AvgIpc) is 3.25. The summed E-state index contributed by atoms with van der Waals surface area (Å²) in [7, 11) is -4.24. The molecule has 1 aliphatic rings. The number of aliphatic hydroxyl groups excluding tert-OH is 1. The zero-order valence-corrected chi connectivity index (χ0v) is 12.0. The standard InChI is InChI=1S/C14H15F2NO3S/c1-2-5-17(8-10-3-4-10)21(19,20)13-7-11(9-18)6-12(15)14(13)16/h1,6-7,10,18H,3-5,8-9H2. The Labute approximate surface area is 122 Å². The van der Waals surface area contributed by atoms with Gasteiger partial charge in [-0.3, -0.25) is 0 Å². The monoisotopic (exact) mass is 315 g/mol. The lowest BCUT2D eigenvalue weighted by Crippen LogP contribution is -2.34. The molecule has 0 atom stereocenters. The average molecular weight is 315 g/mol. The van der Waals surface area contributed by atoms with Crippen molar-refractivity contribution in [3.05, 3.63) is 29.3 Å². The molecule has 1 fully saturated rings. The number of benzene rings is 1. The van der Waals surface area contributed by atoms with Crippen molar-refractivity contribution in [1.82, 2.24) is 4.31 Å². The lowest BCUT2D eigenvalue weighted by atomic mass is 10.2. The number of halogens is 2. The number of terminal acetylenes is 1. The SMILES string of the molecule is C#CCN(CC1CC1)S(=O)(=O)c1cc(CO)cc(F)c1F. The molecule has 4 nitrogen and oxygen atoms in total. The molecule has 1 aromatic carbocycles. The van der Waals surface area contributed by atoms with E-state index in [2.05, 4.69) is 5.92 Å². The van der Waals surface area contributed by atoms with Crippen LogP contribution in [0.25, 0.3) is 0 Å². The highest BCUT2D eigenvalue weighted by atomic mass is 32.2. The first-order valence-electron chi connectivity index (χ1n) is 6.42. The van der Waals surface area contributed by atoms with Crippen LogP contribution >= 0.6 is 0 Å². The minimum atomic E-state index is -4.24. The van der Waals surface area contributed by atoms with Gasteiger partial charge in [0.25, 0.3) is 0 Å². The molecule has 0 unspecified atom stereocenters. The molecule has 114 valence electrons. The van der Waals surface area contributed by atoms with Crippen molar-refractivity contribution in [2.45, 2.75) is 24.3 Å². The van der Waals surface area contributed by atoms with Gasteiger partial charge in [0.05, 0.1) is 13.2 Å². The topological polar surface area (TPSA) is 57.6 Å². The smallest absolute Gasteiger partial charge is 0.246 e. The minimum absolute atomic E-state index is 0.0143. The predicted molar refractivity (Wildman–Crippen MR) is 72.6 cm³/mol. The molecule has 0 bridgehead atoms. The number of aliphatic hydroxyl groups is 1. The van der Waals surface area contributed by atoms with Gasteiger partial charge in [-0.05, 0) is 36.5 Å². The first kappa shape index (κ1) is 15.9. The van der Waals surface area contributed by atoms with Crippen LogP contribution in [0.5, 0.6) is 0 Å². The van der Waals surface area contributed by atoms with Gasteiger partial charge in [-0.25, -0.2) is 17.2 Å². The molecule has 0 aromatic heterocycles. The molecule has 0 heterocycles. The normalized spacial score (nSPS) is 15.2. The molecule has 0 amide bonds. The minimum Gasteiger partial charge on any atom is -0.392 e. The third-order valence-corrected chi connectivity index (χ3v) is 5.09. The van der Waals surface area contributed by atoms with Crippen LogP contribution in [0.15, 0.2) is 17.0 Å². The van der Waals surface area contributed by atoms with E-state index in [0.29, 0.717) is 0 Å². The molecule has 0 spiro atoms. The summed E-state index contributed by atoms with van der Waals surface area (Å²) in [6, 6.07) is 1.70. The Bertz CT molecular complexity index is 678. The summed E-state index contributed by atoms with van der Waals surface area (Å²) in [5.41, 5.74) is -0.0143. The number of hydrogen-bond donors (Lipinski definition) is 1. The van der Waals surface area contributed by atoms with Crippen LogP contribution in [0.4, 0.5) is 8.78 Å². The summed E-state index contributed by atoms with van der Waals surface area (Å²) in [5, 5.41) is 9.01. The summed E-state index contributed by atoms with van der Waals surface area (Å²) in [4.78, 5) is -0.789. The summed E-state index contributed by atoms with van der Waals surface area (Å²) >= 11 is 0. The fourth-order valence-corrected chi connectivity index (χ4v) is 3.53. The Balaban J connectivity index is 2.45. The van der Waals surface area contributed by atoms with Crippen molar-refractivity contribution in [1.29, 1.82) is 0 Å². The Morgan fingerprint density at radius 3 is 2.57 bits per heavy atom. The summed E-state index contributed by atoms with van der Waals surface area (Å²) < 4.78 is 53.2. The van der Waals surface area contributed by atoms with Crippen LogP contribution in [0, 0.1) is 29.9 Å². The maximum atomic E-state index is 13.9. The molecule has 0 saturated heterocycles. The first-order valence-corrected chi connectivity index (χ1v) is 7.86. The van der Waals surface area contributed by atoms with Crippen LogP contribution in [0.1, 0.15) is 18.4 Å². The van der Waals surface area contributed by atoms with Crippen LogP contribution in [0.2, 0.25) is 0 Å². The molecule has 0 radical (unpaired) electrons. The molecule has 7 heteroatoms. The van der Waals surface area contributed by atoms with Gasteiger partial charge in [-0.2, -0.15) is 4.31 Å². The second-order valence-corrected chi connectivity index (χ2v) is 6.90. The molecule has 2 rings (SSSR count). The molecular formula is C14H15F2NO3S. The lowest BCUT2D eigenvalue weighted by molar-refractivity contribution is 0.280. The van der Waals surface area contributed by atoms with E-state index in [1.54, 1.807) is 0 Å². The van der Waals surface area contributed by atoms with Gasteiger partial charge in [0.1, 0.15) is 4.90 Å². The number of nitrogens with zero attached hydrogens (tertiary/aromatic N) is 1. The van der Waals surface area contributed by atoms with Gasteiger partial charge in [-0.1, -0.05) is 5.92 Å². The summed E-state index contributed by atoms with van der Waals surface area (Å²) in [6.45, 7) is -0.600. The van der Waals surface area contributed by atoms with Crippen molar-refractivity contribution in [3.63, 3.8) is 0 Å². The van der Waals surface area contributed by atoms with Crippen molar-refractivity contribution in [3.8, 4) is 12.3 Å². The van der Waals surface area contributed by atoms with Crippen molar-refractivity contribution < 1.29 is 22.3 Å². The van der Waals surface area contributed by atoms with E-state index >= 15 is 0 Å². The first-order chi connectivity index (χ1) is 9.90. The summed E-state index contributed by atoms with van der Waals surface area (Å²) in [5.74, 6) is -0.336. The van der Waals surface area contributed by atoms with Gasteiger partial charge in [0.15, 0.2) is 11.6 Å². The highest BCUT2D eigenvalue weighted by molar-refractivity contribution is 7.89. The molecule has 0 aliphatic heterocycles. The zero-order valence-electron chi connectivity index (χ0n) is 11.2. The molecular weight excluding hydrogens is 300 g/mol. The summed E-state index contributed by atoms with van der Waals surface area (Å²) in [6.07, 6.45) is 6.95. The third-order valence-electron chi connectivity index (χ3n) is 3.28. The number of hydrogen-bond acceptors (Lipinski definition) is 3. The Hall–Kier alpha value is -1.49. The molecule has 21 heavy (non-hydrogen) atoms. The second-order valence-electron chi connectivity index (χ2n) is 4.99. The molecule has 1 saturated carbocycles. The van der Waals surface area contributed by atoms with E-state index in [0.717, 1.165) is 29.3 Å². The van der Waals surface area contributed by atoms with Crippen LogP contribution in [0.3, 0.4) is 0 Å². The molecule has 1 N–H and O–H groups in total. The van der Waals surface area contributed by atoms with Gasteiger partial charge < -0.3 is 5.11 Å². The van der Waals surface area contributed by atoms with Gasteiger partial charge in [0, 0.05) is 6.54 Å². The maximum absolute atomic E-state index is 13.9. The van der Waals surface area contributed by atoms with E-state index in [-0.39, 0.29) is 24.6 Å². The fourth-order valence-electron chi connectivity index (χ4n) is 1.97. The van der Waals surface area contributed by atoms with Crippen LogP contribution in [-0.2, 0) is 16.6 Å². The van der Waals surface area contributed by atoms with Crippen molar-refractivity contribution in [2.75, 3.05) is 13.1 Å². The van der Waals surface area contributed by atoms with Crippen molar-refractivity contribution in [2.24, 2.45) is 5.92 Å². The highest BCUT2D eigenvalue weighted by Gasteiger charge is 2.33. The lowest BCUT2D eigenvalue weighted by Gasteiger charge is -2.20. The Morgan fingerprint density at radius 2 is 2.05 bits per heavy atom. The van der Waals surface area contributed by atoms with E-state index in [4.69, 9.17) is 11.5 Å². The van der Waals surface area contributed by atoms with Gasteiger partial charge in [0.2, 0.25) is 10.0 Å². The Kier molecular flexibility index (Phi) is 4.61. The number of rotatable bonds is 6. The Morgan fingerprint density at radius 1 is 1.38 bits per heavy atom. The van der Waals surface area contributed by atoms with Crippen LogP contribution in [-0.4, -0.2) is 30.9 Å². The van der Waals surface area contributed by atoms with E-state index in [1.807, 2.05) is 0 Å². The fraction of sp³-hybridized carbons (Fsp3) is 0.429. The van der Waals surface area contributed by atoms with Gasteiger partial charge >= 0.3 is 0 Å². The molecule has 1 aliphatic carbocycles. The third kappa shape index (κ3) is 3.40. The zero-order chi connectivity index (χ0) is 15.6. The van der Waals surface area contributed by atoms with Gasteiger partial charge in [-0.15, -0.1) is 6.42 Å². The molecule has 1 aromatic rings. The van der Waals surface area contributed by atoms with E-state index in [9.17, 15) is 17.2 Å². The second kappa shape index (κ2) is 6.10. The number of sulfonamides is 1. The largest absolute Gasteiger partial charge is 0.392 e. The highest BCUT2D eigenvalue weighted by Crippen LogP contribution is 2.32. The quantitative estimate of drug-likeness (QED) is 0.809. The maximum Gasteiger partial charge on any atom is 0.246 e.